The van der Waals surface area contributed by atoms with Crippen LogP contribution >= 0.6 is 0 Å². The van der Waals surface area contributed by atoms with Crippen LogP contribution < -0.4 is 4.74 Å². The number of aliphatic hydroxyl groups excluding tert-OH is 1. The molecule has 146 valence electrons. The average Bonchev–Trinajstić information content (AvgIpc) is 3.44. The fourth-order valence-electron chi connectivity index (χ4n) is 2.67. The first-order valence-electron chi connectivity index (χ1n) is 9.21. The Hall–Kier alpha value is -1.18. The first-order chi connectivity index (χ1) is 12.1. The summed E-state index contributed by atoms with van der Waals surface area (Å²) in [5.41, 5.74) is -0.449. The number of rotatable bonds is 8. The molecule has 0 bridgehead atoms. The molecule has 3 rings (SSSR count). The number of sulfonamides is 1. The molecule has 0 aliphatic heterocycles. The molecule has 1 aromatic rings. The second kappa shape index (κ2) is 7.09. The van der Waals surface area contributed by atoms with Crippen molar-refractivity contribution >= 4 is 10.0 Å². The van der Waals surface area contributed by atoms with E-state index < -0.39 is 27.4 Å². The Labute approximate surface area is 155 Å². The molecule has 0 spiro atoms. The molecular weight excluding hydrogens is 357 g/mol. The zero-order valence-electron chi connectivity index (χ0n) is 15.6. The van der Waals surface area contributed by atoms with Crippen molar-refractivity contribution in [2.75, 3.05) is 13.2 Å². The van der Waals surface area contributed by atoms with Crippen molar-refractivity contribution in [3.63, 3.8) is 0 Å². The number of ether oxygens (including phenoxy) is 1. The van der Waals surface area contributed by atoms with Gasteiger partial charge in [-0.05, 0) is 55.2 Å². The molecule has 1 N–H and O–H groups in total. The SMILES string of the molecule is CC(C)(C)C(O)CN(C1CC1)S(=O)(=O)c1cc(F)ccc1OCC1CC1. The molecule has 2 aliphatic carbocycles. The van der Waals surface area contributed by atoms with Gasteiger partial charge in [0, 0.05) is 12.6 Å². The van der Waals surface area contributed by atoms with Crippen LogP contribution in [0.25, 0.3) is 0 Å². The summed E-state index contributed by atoms with van der Waals surface area (Å²) in [6, 6.07) is 3.48. The summed E-state index contributed by atoms with van der Waals surface area (Å²) in [6.45, 7) is 6.03. The highest BCUT2D eigenvalue weighted by Gasteiger charge is 2.42. The number of nitrogens with zero attached hydrogens (tertiary/aromatic N) is 1. The lowest BCUT2D eigenvalue weighted by atomic mass is 9.89. The van der Waals surface area contributed by atoms with Gasteiger partial charge in [-0.25, -0.2) is 12.8 Å². The van der Waals surface area contributed by atoms with Crippen molar-refractivity contribution in [2.24, 2.45) is 11.3 Å². The largest absolute Gasteiger partial charge is 0.492 e. The Bertz CT molecular complexity index is 751. The molecule has 0 saturated heterocycles. The van der Waals surface area contributed by atoms with Crippen LogP contribution in [0, 0.1) is 17.2 Å². The molecule has 1 atom stereocenters. The van der Waals surface area contributed by atoms with Crippen LogP contribution in [-0.4, -0.2) is 43.1 Å². The van der Waals surface area contributed by atoms with Crippen LogP contribution in [0.15, 0.2) is 23.1 Å². The molecule has 0 radical (unpaired) electrons. The summed E-state index contributed by atoms with van der Waals surface area (Å²) in [7, 11) is -3.97. The van der Waals surface area contributed by atoms with Crippen molar-refractivity contribution in [1.82, 2.24) is 4.31 Å². The average molecular weight is 386 g/mol. The van der Waals surface area contributed by atoms with Crippen LogP contribution in [0.1, 0.15) is 46.5 Å². The Morgan fingerprint density at radius 2 is 1.92 bits per heavy atom. The van der Waals surface area contributed by atoms with Gasteiger partial charge >= 0.3 is 0 Å². The quantitative estimate of drug-likeness (QED) is 0.746. The lowest BCUT2D eigenvalue weighted by Crippen LogP contribution is -2.43. The molecule has 0 aromatic heterocycles. The van der Waals surface area contributed by atoms with Crippen LogP contribution in [0.3, 0.4) is 0 Å². The Balaban J connectivity index is 1.90. The fraction of sp³-hybridized carbons (Fsp3) is 0.684. The van der Waals surface area contributed by atoms with Crippen molar-refractivity contribution in [3.8, 4) is 5.75 Å². The van der Waals surface area contributed by atoms with Gasteiger partial charge in [0.05, 0.1) is 12.7 Å². The second-order valence-electron chi connectivity index (χ2n) is 8.53. The van der Waals surface area contributed by atoms with E-state index in [0.717, 1.165) is 31.7 Å². The number of hydrogen-bond donors (Lipinski definition) is 1. The molecule has 26 heavy (non-hydrogen) atoms. The predicted octanol–water partition coefficient (Wildman–Crippen LogP) is 3.17. The van der Waals surface area contributed by atoms with Gasteiger partial charge in [-0.15, -0.1) is 0 Å². The molecule has 2 aliphatic rings. The normalized spacial score (nSPS) is 19.6. The van der Waals surface area contributed by atoms with Crippen LogP contribution in [0.5, 0.6) is 5.75 Å². The lowest BCUT2D eigenvalue weighted by molar-refractivity contribution is 0.0455. The first-order valence-corrected chi connectivity index (χ1v) is 10.7. The van der Waals surface area contributed by atoms with E-state index in [-0.39, 0.29) is 23.2 Å². The number of benzene rings is 1. The lowest BCUT2D eigenvalue weighted by Gasteiger charge is -2.31. The number of hydrogen-bond acceptors (Lipinski definition) is 4. The third-order valence-electron chi connectivity index (χ3n) is 4.97. The van der Waals surface area contributed by atoms with Gasteiger partial charge in [-0.3, -0.25) is 0 Å². The molecular formula is C19H28FNO4S. The second-order valence-corrected chi connectivity index (χ2v) is 10.4. The zero-order valence-corrected chi connectivity index (χ0v) is 16.4. The van der Waals surface area contributed by atoms with E-state index in [4.69, 9.17) is 4.74 Å². The fourth-order valence-corrected chi connectivity index (χ4v) is 4.51. The van der Waals surface area contributed by atoms with Gasteiger partial charge in [-0.2, -0.15) is 4.31 Å². The maximum absolute atomic E-state index is 13.8. The van der Waals surface area contributed by atoms with E-state index in [2.05, 4.69) is 0 Å². The van der Waals surface area contributed by atoms with Crippen LogP contribution in [0.2, 0.25) is 0 Å². The molecule has 2 fully saturated rings. The summed E-state index contributed by atoms with van der Waals surface area (Å²) < 4.78 is 47.4. The zero-order chi connectivity index (χ0) is 19.1. The van der Waals surface area contributed by atoms with Gasteiger partial charge in [0.25, 0.3) is 0 Å². The minimum absolute atomic E-state index is 0.00488. The van der Waals surface area contributed by atoms with Crippen LogP contribution in [-0.2, 0) is 10.0 Å². The summed E-state index contributed by atoms with van der Waals surface area (Å²) >= 11 is 0. The van der Waals surface area contributed by atoms with E-state index in [9.17, 15) is 17.9 Å². The molecule has 0 amide bonds. The number of aliphatic hydroxyl groups is 1. The third kappa shape index (κ3) is 4.56. The Morgan fingerprint density at radius 3 is 2.46 bits per heavy atom. The minimum Gasteiger partial charge on any atom is -0.492 e. The van der Waals surface area contributed by atoms with E-state index in [1.807, 2.05) is 20.8 Å². The number of halogens is 1. The molecule has 1 aromatic carbocycles. The predicted molar refractivity (Wildman–Crippen MR) is 97.0 cm³/mol. The Kier molecular flexibility index (Phi) is 5.34. The Morgan fingerprint density at radius 1 is 1.27 bits per heavy atom. The first kappa shape index (κ1) is 19.6. The van der Waals surface area contributed by atoms with Gasteiger partial charge in [0.1, 0.15) is 16.5 Å². The van der Waals surface area contributed by atoms with Crippen molar-refractivity contribution < 1.29 is 22.7 Å². The highest BCUT2D eigenvalue weighted by Crippen LogP contribution is 2.37. The van der Waals surface area contributed by atoms with Gasteiger partial charge in [-0.1, -0.05) is 20.8 Å². The summed E-state index contributed by atoms with van der Waals surface area (Å²) in [4.78, 5) is -0.147. The van der Waals surface area contributed by atoms with Crippen LogP contribution in [0.4, 0.5) is 4.39 Å². The van der Waals surface area contributed by atoms with Gasteiger partial charge in [0.2, 0.25) is 10.0 Å². The summed E-state index contributed by atoms with van der Waals surface area (Å²) in [5, 5.41) is 10.4. The molecule has 5 nitrogen and oxygen atoms in total. The van der Waals surface area contributed by atoms with Crippen molar-refractivity contribution in [1.29, 1.82) is 0 Å². The van der Waals surface area contributed by atoms with E-state index in [1.165, 1.54) is 16.4 Å². The monoisotopic (exact) mass is 385 g/mol. The van der Waals surface area contributed by atoms with E-state index in [1.54, 1.807) is 0 Å². The molecule has 2 saturated carbocycles. The topological polar surface area (TPSA) is 66.8 Å². The van der Waals surface area contributed by atoms with E-state index >= 15 is 0 Å². The third-order valence-corrected chi connectivity index (χ3v) is 6.91. The van der Waals surface area contributed by atoms with Crippen molar-refractivity contribution in [2.45, 2.75) is 63.5 Å². The minimum atomic E-state index is -3.97. The standard InChI is InChI=1S/C19H28FNO4S/c1-19(2,3)18(22)11-21(15-7-8-15)26(23,24)17-10-14(20)6-9-16(17)25-12-13-4-5-13/h6,9-10,13,15,18,22H,4-5,7-8,11-12H2,1-3H3. The maximum atomic E-state index is 13.8. The molecule has 1 unspecified atom stereocenters. The summed E-state index contributed by atoms with van der Waals surface area (Å²) in [5.74, 6) is 0.0292. The summed E-state index contributed by atoms with van der Waals surface area (Å²) in [6.07, 6.45) is 2.85. The van der Waals surface area contributed by atoms with Crippen molar-refractivity contribution in [3.05, 3.63) is 24.0 Å². The smallest absolute Gasteiger partial charge is 0.247 e. The van der Waals surface area contributed by atoms with Gasteiger partial charge < -0.3 is 9.84 Å². The molecule has 7 heteroatoms. The van der Waals surface area contributed by atoms with E-state index in [0.29, 0.717) is 12.5 Å². The highest BCUT2D eigenvalue weighted by molar-refractivity contribution is 7.89. The van der Waals surface area contributed by atoms with Gasteiger partial charge in [0.15, 0.2) is 0 Å². The maximum Gasteiger partial charge on any atom is 0.247 e. The highest BCUT2D eigenvalue weighted by atomic mass is 32.2. The molecule has 0 heterocycles.